The second-order valence-electron chi connectivity index (χ2n) is 3.66. The number of carboxylic acids is 1. The molecule has 0 aromatic heterocycles. The molecule has 0 spiro atoms. The number of hydrogen-bond acceptors (Lipinski definition) is 3. The number of ether oxygens (including phenoxy) is 1. The molecular formula is C12H17NO3. The minimum Gasteiger partial charge on any atom is -0.481 e. The summed E-state index contributed by atoms with van der Waals surface area (Å²) in [5.74, 6) is -0.980. The van der Waals surface area contributed by atoms with E-state index in [1.165, 1.54) is 0 Å². The van der Waals surface area contributed by atoms with Gasteiger partial charge in [0, 0.05) is 13.0 Å². The van der Waals surface area contributed by atoms with Crippen LogP contribution in [0, 0.1) is 0 Å². The van der Waals surface area contributed by atoms with E-state index < -0.39 is 5.97 Å². The highest BCUT2D eigenvalue weighted by atomic mass is 16.5. The van der Waals surface area contributed by atoms with Crippen LogP contribution in [0.2, 0.25) is 0 Å². The van der Waals surface area contributed by atoms with Crippen molar-refractivity contribution in [2.45, 2.75) is 18.9 Å². The molecule has 4 nitrogen and oxygen atoms in total. The average molecular weight is 223 g/mol. The van der Waals surface area contributed by atoms with E-state index >= 15 is 0 Å². The molecule has 0 heterocycles. The maximum Gasteiger partial charge on any atom is 0.304 e. The summed E-state index contributed by atoms with van der Waals surface area (Å²) in [6.45, 7) is 0.805. The van der Waals surface area contributed by atoms with Gasteiger partial charge in [-0.05, 0) is 17.7 Å². The molecule has 1 unspecified atom stereocenters. The Balaban J connectivity index is 2.94. The van der Waals surface area contributed by atoms with Crippen LogP contribution in [0.1, 0.15) is 23.5 Å². The summed E-state index contributed by atoms with van der Waals surface area (Å²) in [4.78, 5) is 10.7. The molecule has 88 valence electrons. The zero-order chi connectivity index (χ0) is 12.0. The van der Waals surface area contributed by atoms with E-state index in [4.69, 9.17) is 15.6 Å². The molecule has 0 aliphatic heterocycles. The fourth-order valence-electron chi connectivity index (χ4n) is 1.75. The van der Waals surface area contributed by atoms with Gasteiger partial charge in [0.05, 0.1) is 13.0 Å². The Morgan fingerprint density at radius 3 is 2.75 bits per heavy atom. The van der Waals surface area contributed by atoms with E-state index in [1.807, 2.05) is 24.3 Å². The van der Waals surface area contributed by atoms with Gasteiger partial charge in [0.1, 0.15) is 0 Å². The number of methoxy groups -OCH3 is 1. The van der Waals surface area contributed by atoms with Crippen LogP contribution in [0.3, 0.4) is 0 Å². The molecule has 1 rings (SSSR count). The van der Waals surface area contributed by atoms with Crippen molar-refractivity contribution in [2.24, 2.45) is 5.73 Å². The molecule has 0 bridgehead atoms. The minimum atomic E-state index is -0.831. The Morgan fingerprint density at radius 2 is 2.19 bits per heavy atom. The molecule has 0 aliphatic carbocycles. The van der Waals surface area contributed by atoms with Crippen LogP contribution in [0.5, 0.6) is 0 Å². The van der Waals surface area contributed by atoms with Gasteiger partial charge < -0.3 is 15.6 Å². The summed E-state index contributed by atoms with van der Waals surface area (Å²) in [7, 11) is 1.62. The fourth-order valence-corrected chi connectivity index (χ4v) is 1.75. The fraction of sp³-hybridized carbons (Fsp3) is 0.417. The molecule has 0 amide bonds. The zero-order valence-electron chi connectivity index (χ0n) is 9.35. The Bertz CT molecular complexity index is 352. The largest absolute Gasteiger partial charge is 0.481 e. The zero-order valence-corrected chi connectivity index (χ0v) is 9.35. The lowest BCUT2D eigenvalue weighted by Crippen LogP contribution is -2.17. The predicted octanol–water partition coefficient (Wildman–Crippen LogP) is 1.35. The first-order valence-corrected chi connectivity index (χ1v) is 5.17. The van der Waals surface area contributed by atoms with Crippen molar-refractivity contribution in [1.29, 1.82) is 0 Å². The van der Waals surface area contributed by atoms with Crippen molar-refractivity contribution in [3.63, 3.8) is 0 Å². The Hall–Kier alpha value is -1.39. The van der Waals surface area contributed by atoms with E-state index in [-0.39, 0.29) is 12.3 Å². The second kappa shape index (κ2) is 6.25. The lowest BCUT2D eigenvalue weighted by molar-refractivity contribution is -0.137. The molecule has 0 fully saturated rings. The van der Waals surface area contributed by atoms with Crippen molar-refractivity contribution in [1.82, 2.24) is 0 Å². The number of carbonyl (C=O) groups is 1. The van der Waals surface area contributed by atoms with Gasteiger partial charge in [-0.1, -0.05) is 24.3 Å². The molecule has 3 N–H and O–H groups in total. The molecular weight excluding hydrogens is 206 g/mol. The van der Waals surface area contributed by atoms with E-state index in [0.717, 1.165) is 11.1 Å². The first-order valence-electron chi connectivity index (χ1n) is 5.17. The van der Waals surface area contributed by atoms with E-state index in [9.17, 15) is 4.79 Å². The van der Waals surface area contributed by atoms with Gasteiger partial charge in [0.15, 0.2) is 0 Å². The number of nitrogens with two attached hydrogens (primary N) is 1. The van der Waals surface area contributed by atoms with Gasteiger partial charge >= 0.3 is 5.97 Å². The van der Waals surface area contributed by atoms with Crippen molar-refractivity contribution in [3.05, 3.63) is 35.4 Å². The lowest BCUT2D eigenvalue weighted by atomic mass is 9.92. The highest BCUT2D eigenvalue weighted by Crippen LogP contribution is 2.23. The number of rotatable bonds is 6. The topological polar surface area (TPSA) is 72.5 Å². The summed E-state index contributed by atoms with van der Waals surface area (Å²) < 4.78 is 5.08. The number of carboxylic acid groups (broad SMARTS) is 1. The highest BCUT2D eigenvalue weighted by molar-refractivity contribution is 5.68. The number of hydrogen-bond donors (Lipinski definition) is 2. The molecule has 1 aromatic rings. The second-order valence-corrected chi connectivity index (χ2v) is 3.66. The molecule has 0 radical (unpaired) electrons. The molecule has 0 saturated heterocycles. The number of benzene rings is 1. The first kappa shape index (κ1) is 12.7. The van der Waals surface area contributed by atoms with Crippen molar-refractivity contribution in [2.75, 3.05) is 13.7 Å². The van der Waals surface area contributed by atoms with Crippen LogP contribution < -0.4 is 5.73 Å². The third kappa shape index (κ3) is 3.32. The molecule has 0 aliphatic rings. The van der Waals surface area contributed by atoms with Crippen LogP contribution in [0.4, 0.5) is 0 Å². The maximum atomic E-state index is 10.7. The third-order valence-electron chi connectivity index (χ3n) is 2.50. The Labute approximate surface area is 95.0 Å². The monoisotopic (exact) mass is 223 g/mol. The molecule has 4 heteroatoms. The van der Waals surface area contributed by atoms with Gasteiger partial charge in [0.2, 0.25) is 0 Å². The van der Waals surface area contributed by atoms with Gasteiger partial charge in [-0.15, -0.1) is 0 Å². The van der Waals surface area contributed by atoms with E-state index in [2.05, 4.69) is 0 Å². The summed E-state index contributed by atoms with van der Waals surface area (Å²) >= 11 is 0. The standard InChI is InChI=1S/C12H17NO3/c1-16-8-9-4-2-3-5-11(9)10(7-13)6-12(14)15/h2-5,10H,6-8,13H2,1H3,(H,14,15). The average Bonchev–Trinajstić information content (AvgIpc) is 2.27. The summed E-state index contributed by atoms with van der Waals surface area (Å²) in [6.07, 6.45) is 0.0528. The maximum absolute atomic E-state index is 10.7. The van der Waals surface area contributed by atoms with E-state index in [0.29, 0.717) is 13.2 Å². The lowest BCUT2D eigenvalue weighted by Gasteiger charge is -2.16. The van der Waals surface area contributed by atoms with Crippen molar-refractivity contribution < 1.29 is 14.6 Å². The van der Waals surface area contributed by atoms with Gasteiger partial charge in [-0.25, -0.2) is 0 Å². The SMILES string of the molecule is COCc1ccccc1C(CN)CC(=O)O. The van der Waals surface area contributed by atoms with Crippen LogP contribution >= 0.6 is 0 Å². The van der Waals surface area contributed by atoms with E-state index in [1.54, 1.807) is 7.11 Å². The molecule has 0 saturated carbocycles. The highest BCUT2D eigenvalue weighted by Gasteiger charge is 2.16. The van der Waals surface area contributed by atoms with Gasteiger partial charge in [-0.2, -0.15) is 0 Å². The van der Waals surface area contributed by atoms with Crippen molar-refractivity contribution in [3.8, 4) is 0 Å². The van der Waals surface area contributed by atoms with Crippen LogP contribution in [-0.2, 0) is 16.1 Å². The summed E-state index contributed by atoms with van der Waals surface area (Å²) in [6, 6.07) is 7.64. The molecule has 1 aromatic carbocycles. The normalized spacial score (nSPS) is 12.4. The third-order valence-corrected chi connectivity index (χ3v) is 2.50. The smallest absolute Gasteiger partial charge is 0.304 e. The Morgan fingerprint density at radius 1 is 1.50 bits per heavy atom. The first-order chi connectivity index (χ1) is 7.69. The number of aliphatic carboxylic acids is 1. The van der Waals surface area contributed by atoms with Crippen LogP contribution in [-0.4, -0.2) is 24.7 Å². The van der Waals surface area contributed by atoms with Crippen LogP contribution in [0.15, 0.2) is 24.3 Å². The van der Waals surface area contributed by atoms with Gasteiger partial charge in [-0.3, -0.25) is 4.79 Å². The quantitative estimate of drug-likeness (QED) is 0.763. The summed E-state index contributed by atoms with van der Waals surface area (Å²) in [5, 5.41) is 8.81. The van der Waals surface area contributed by atoms with Gasteiger partial charge in [0.25, 0.3) is 0 Å². The van der Waals surface area contributed by atoms with Crippen molar-refractivity contribution >= 4 is 5.97 Å². The van der Waals surface area contributed by atoms with Crippen LogP contribution in [0.25, 0.3) is 0 Å². The predicted molar refractivity (Wildman–Crippen MR) is 61.2 cm³/mol. The molecule has 1 atom stereocenters. The summed E-state index contributed by atoms with van der Waals surface area (Å²) in [5.41, 5.74) is 7.58. The Kier molecular flexibility index (Phi) is 4.95. The molecule has 16 heavy (non-hydrogen) atoms. The minimum absolute atomic E-state index is 0.0528.